The molecule has 28 heavy (non-hydrogen) atoms. The first-order valence-electron chi connectivity index (χ1n) is 11.2. The van der Waals surface area contributed by atoms with Crippen molar-refractivity contribution < 1.29 is 9.53 Å². The fourth-order valence-electron chi connectivity index (χ4n) is 4.97. The van der Waals surface area contributed by atoms with Crippen LogP contribution in [0.25, 0.3) is 0 Å². The maximum atomic E-state index is 12.7. The van der Waals surface area contributed by atoms with E-state index in [4.69, 9.17) is 4.74 Å². The summed E-state index contributed by atoms with van der Waals surface area (Å²) in [5.74, 6) is 1.59. The van der Waals surface area contributed by atoms with Crippen molar-refractivity contribution in [3.8, 4) is 5.06 Å². The van der Waals surface area contributed by atoms with E-state index in [9.17, 15) is 4.79 Å². The van der Waals surface area contributed by atoms with Gasteiger partial charge in [-0.3, -0.25) is 14.6 Å². The SMILES string of the molecule is CC1CCC(C(=O)CN2CCc3sc(OC4CCN(C(C)C)C4)cc3C2)CC1. The third kappa shape index (κ3) is 4.80. The van der Waals surface area contributed by atoms with E-state index in [1.54, 1.807) is 0 Å². The molecule has 0 N–H and O–H groups in total. The highest BCUT2D eigenvalue weighted by Crippen LogP contribution is 2.35. The number of rotatable bonds is 6. The van der Waals surface area contributed by atoms with E-state index in [1.807, 2.05) is 11.3 Å². The highest BCUT2D eigenvalue weighted by molar-refractivity contribution is 7.14. The largest absolute Gasteiger partial charge is 0.479 e. The molecule has 1 unspecified atom stereocenters. The molecule has 156 valence electrons. The second-order valence-electron chi connectivity index (χ2n) is 9.51. The second-order valence-corrected chi connectivity index (χ2v) is 10.6. The molecule has 2 fully saturated rings. The molecule has 1 aromatic heterocycles. The summed E-state index contributed by atoms with van der Waals surface area (Å²) in [4.78, 5) is 19.1. The summed E-state index contributed by atoms with van der Waals surface area (Å²) in [5, 5.41) is 1.08. The predicted octanol–water partition coefficient (Wildman–Crippen LogP) is 4.36. The molecule has 3 aliphatic rings. The van der Waals surface area contributed by atoms with Gasteiger partial charge in [-0.15, -0.1) is 11.3 Å². The average Bonchev–Trinajstić information content (AvgIpc) is 3.28. The smallest absolute Gasteiger partial charge is 0.174 e. The fourth-order valence-corrected chi connectivity index (χ4v) is 6.05. The molecule has 1 saturated carbocycles. The Morgan fingerprint density at radius 3 is 2.71 bits per heavy atom. The number of fused-ring (bicyclic) bond motifs is 1. The van der Waals surface area contributed by atoms with Crippen LogP contribution in [0.15, 0.2) is 6.07 Å². The molecule has 0 aromatic carbocycles. The zero-order valence-electron chi connectivity index (χ0n) is 17.8. The number of likely N-dealkylation sites (tertiary alicyclic amines) is 1. The number of hydrogen-bond acceptors (Lipinski definition) is 5. The first-order valence-corrected chi connectivity index (χ1v) is 12.1. The Kier molecular flexibility index (Phi) is 6.43. The molecule has 1 aromatic rings. The molecule has 0 radical (unpaired) electrons. The zero-order chi connectivity index (χ0) is 19.7. The number of ketones is 1. The summed E-state index contributed by atoms with van der Waals surface area (Å²) in [6.45, 7) is 11.6. The van der Waals surface area contributed by atoms with Gasteiger partial charge in [0.15, 0.2) is 5.06 Å². The van der Waals surface area contributed by atoms with Crippen molar-refractivity contribution in [3.63, 3.8) is 0 Å². The van der Waals surface area contributed by atoms with Crippen LogP contribution in [0, 0.1) is 11.8 Å². The van der Waals surface area contributed by atoms with Crippen molar-refractivity contribution in [1.29, 1.82) is 0 Å². The normalized spacial score (nSPS) is 29.2. The van der Waals surface area contributed by atoms with Crippen molar-refractivity contribution in [1.82, 2.24) is 9.80 Å². The average molecular weight is 405 g/mol. The monoisotopic (exact) mass is 404 g/mol. The quantitative estimate of drug-likeness (QED) is 0.705. The van der Waals surface area contributed by atoms with E-state index < -0.39 is 0 Å². The number of carbonyl (C=O) groups excluding carboxylic acids is 1. The Hall–Kier alpha value is -0.910. The predicted molar refractivity (Wildman–Crippen MR) is 115 cm³/mol. The number of ether oxygens (including phenoxy) is 1. The van der Waals surface area contributed by atoms with Gasteiger partial charge in [-0.05, 0) is 57.1 Å². The fraction of sp³-hybridized carbons (Fsp3) is 0.783. The number of carbonyl (C=O) groups is 1. The molecule has 2 aliphatic heterocycles. The van der Waals surface area contributed by atoms with Crippen molar-refractivity contribution in [2.75, 3.05) is 26.2 Å². The van der Waals surface area contributed by atoms with Crippen molar-refractivity contribution in [2.45, 2.75) is 78.0 Å². The Morgan fingerprint density at radius 2 is 2.00 bits per heavy atom. The number of hydrogen-bond donors (Lipinski definition) is 0. The third-order valence-corrected chi connectivity index (χ3v) is 8.09. The Morgan fingerprint density at radius 1 is 1.21 bits per heavy atom. The molecule has 5 heteroatoms. The minimum Gasteiger partial charge on any atom is -0.479 e. The second kappa shape index (κ2) is 8.85. The van der Waals surface area contributed by atoms with Crippen LogP contribution < -0.4 is 4.74 Å². The van der Waals surface area contributed by atoms with E-state index in [2.05, 4.69) is 36.6 Å². The molecule has 0 spiro atoms. The molecule has 1 atom stereocenters. The summed E-state index contributed by atoms with van der Waals surface area (Å²) in [7, 11) is 0. The lowest BCUT2D eigenvalue weighted by atomic mass is 9.81. The van der Waals surface area contributed by atoms with Gasteiger partial charge >= 0.3 is 0 Å². The minimum atomic E-state index is 0.310. The first-order chi connectivity index (χ1) is 13.5. The Labute approximate surface area is 174 Å². The molecule has 0 bridgehead atoms. The van der Waals surface area contributed by atoms with Gasteiger partial charge in [0, 0.05) is 43.0 Å². The van der Waals surface area contributed by atoms with Gasteiger partial charge in [-0.2, -0.15) is 0 Å². The van der Waals surface area contributed by atoms with E-state index in [1.165, 1.54) is 23.3 Å². The van der Waals surface area contributed by atoms with Crippen molar-refractivity contribution >= 4 is 17.1 Å². The van der Waals surface area contributed by atoms with Crippen LogP contribution in [0.5, 0.6) is 5.06 Å². The number of Topliss-reactive ketones (excluding diaryl/α,β-unsaturated/α-hetero) is 1. The van der Waals surface area contributed by atoms with Gasteiger partial charge in [0.25, 0.3) is 0 Å². The molecule has 0 amide bonds. The van der Waals surface area contributed by atoms with Crippen LogP contribution in [-0.4, -0.2) is 53.9 Å². The highest BCUT2D eigenvalue weighted by atomic mass is 32.1. The van der Waals surface area contributed by atoms with E-state index >= 15 is 0 Å². The standard InChI is InChI=1S/C23H36N2O2S/c1-16(2)25-11-8-20(14-25)27-23-12-19-13-24(10-9-22(19)28-23)15-21(26)18-6-4-17(3)5-7-18/h12,16-18,20H,4-11,13-15H2,1-3H3. The summed E-state index contributed by atoms with van der Waals surface area (Å²) in [6, 6.07) is 2.85. The van der Waals surface area contributed by atoms with Crippen LogP contribution >= 0.6 is 11.3 Å². The van der Waals surface area contributed by atoms with E-state index in [-0.39, 0.29) is 0 Å². The lowest BCUT2D eigenvalue weighted by Crippen LogP contribution is -2.37. The maximum absolute atomic E-state index is 12.7. The summed E-state index contributed by atoms with van der Waals surface area (Å²) in [5.41, 5.74) is 1.38. The molecular formula is C23H36N2O2S. The van der Waals surface area contributed by atoms with Gasteiger partial charge in [0.1, 0.15) is 11.9 Å². The van der Waals surface area contributed by atoms with Crippen LogP contribution in [0.3, 0.4) is 0 Å². The van der Waals surface area contributed by atoms with Crippen LogP contribution in [-0.2, 0) is 17.8 Å². The molecule has 1 aliphatic carbocycles. The first kappa shape index (κ1) is 20.4. The van der Waals surface area contributed by atoms with E-state index in [0.29, 0.717) is 30.4 Å². The zero-order valence-corrected chi connectivity index (χ0v) is 18.6. The van der Waals surface area contributed by atoms with Gasteiger partial charge in [0.2, 0.25) is 0 Å². The molecule has 4 nitrogen and oxygen atoms in total. The minimum absolute atomic E-state index is 0.310. The van der Waals surface area contributed by atoms with Crippen molar-refractivity contribution in [2.24, 2.45) is 11.8 Å². The molecule has 4 rings (SSSR count). The maximum Gasteiger partial charge on any atom is 0.174 e. The van der Waals surface area contributed by atoms with Gasteiger partial charge < -0.3 is 4.74 Å². The highest BCUT2D eigenvalue weighted by Gasteiger charge is 2.29. The van der Waals surface area contributed by atoms with Crippen LogP contribution in [0.4, 0.5) is 0 Å². The topological polar surface area (TPSA) is 32.8 Å². The summed E-state index contributed by atoms with van der Waals surface area (Å²) < 4.78 is 6.32. The molecule has 1 saturated heterocycles. The Balaban J connectivity index is 1.29. The molecule has 3 heterocycles. The Bertz CT molecular complexity index is 678. The van der Waals surface area contributed by atoms with Crippen LogP contribution in [0.2, 0.25) is 0 Å². The van der Waals surface area contributed by atoms with Gasteiger partial charge in [-0.1, -0.05) is 19.8 Å². The number of nitrogens with zero attached hydrogens (tertiary/aromatic N) is 2. The number of thiophene rings is 1. The van der Waals surface area contributed by atoms with Crippen molar-refractivity contribution in [3.05, 3.63) is 16.5 Å². The lowest BCUT2D eigenvalue weighted by Gasteiger charge is -2.30. The van der Waals surface area contributed by atoms with E-state index in [0.717, 1.165) is 62.8 Å². The summed E-state index contributed by atoms with van der Waals surface area (Å²) in [6.07, 6.45) is 7.16. The third-order valence-electron chi connectivity index (χ3n) is 6.96. The van der Waals surface area contributed by atoms with Crippen LogP contribution in [0.1, 0.15) is 63.3 Å². The molecular weight excluding hydrogens is 368 g/mol. The van der Waals surface area contributed by atoms with Gasteiger partial charge in [0.05, 0.1) is 6.54 Å². The van der Waals surface area contributed by atoms with Gasteiger partial charge in [-0.25, -0.2) is 0 Å². The summed E-state index contributed by atoms with van der Waals surface area (Å²) >= 11 is 1.83. The lowest BCUT2D eigenvalue weighted by molar-refractivity contribution is -0.125.